The smallest absolute Gasteiger partial charge is 0.385 e. The first-order valence-electron chi connectivity index (χ1n) is 5.97. The lowest BCUT2D eigenvalue weighted by Gasteiger charge is -2.27. The van der Waals surface area contributed by atoms with Gasteiger partial charge in [0.15, 0.2) is 0 Å². The second-order valence-corrected chi connectivity index (χ2v) is 4.50. The zero-order chi connectivity index (χ0) is 12.5. The molecular weight excluding hydrogens is 227 g/mol. The highest BCUT2D eigenvalue weighted by atomic mass is 19.4. The number of halogens is 3. The maximum atomic E-state index is 12.6. The van der Waals surface area contributed by atoms with E-state index >= 15 is 0 Å². The fraction of sp³-hybridized carbons (Fsp3) is 0.538. The third-order valence-electron chi connectivity index (χ3n) is 3.27. The molecule has 1 aliphatic rings. The fourth-order valence-electron chi connectivity index (χ4n) is 2.43. The maximum absolute atomic E-state index is 12.6. The number of hydrogen-bond acceptors (Lipinski definition) is 1. The van der Waals surface area contributed by atoms with Crippen molar-refractivity contribution in [3.8, 4) is 0 Å². The Morgan fingerprint density at radius 2 is 2.12 bits per heavy atom. The third kappa shape index (κ3) is 2.56. The van der Waals surface area contributed by atoms with Gasteiger partial charge in [-0.2, -0.15) is 13.2 Å². The zero-order valence-corrected chi connectivity index (χ0v) is 9.77. The highest BCUT2D eigenvalue weighted by Crippen LogP contribution is 2.38. The molecule has 1 heterocycles. The van der Waals surface area contributed by atoms with Gasteiger partial charge in [-0.15, -0.1) is 0 Å². The number of hydrogen-bond donors (Lipinski definition) is 1. The lowest BCUT2D eigenvalue weighted by Crippen LogP contribution is -2.18. The van der Waals surface area contributed by atoms with Gasteiger partial charge >= 0.3 is 6.18 Å². The molecule has 0 amide bonds. The van der Waals surface area contributed by atoms with E-state index in [0.717, 1.165) is 31.4 Å². The minimum atomic E-state index is -4.26. The zero-order valence-electron chi connectivity index (χ0n) is 9.77. The minimum absolute atomic E-state index is 0.401. The van der Waals surface area contributed by atoms with Crippen molar-refractivity contribution in [2.75, 3.05) is 11.9 Å². The summed E-state index contributed by atoms with van der Waals surface area (Å²) in [6, 6.07) is 4.05. The summed E-state index contributed by atoms with van der Waals surface area (Å²) >= 11 is 0. The van der Waals surface area contributed by atoms with Crippen molar-refractivity contribution in [3.05, 3.63) is 29.3 Å². The Labute approximate surface area is 99.0 Å². The van der Waals surface area contributed by atoms with Crippen LogP contribution < -0.4 is 5.32 Å². The van der Waals surface area contributed by atoms with Crippen molar-refractivity contribution in [3.63, 3.8) is 0 Å². The summed E-state index contributed by atoms with van der Waals surface area (Å²) in [7, 11) is 0. The van der Waals surface area contributed by atoms with Gasteiger partial charge in [-0.05, 0) is 36.5 Å². The SMILES string of the molecule is CCCC1CCNc2cc(C(F)(F)F)ccc21. The van der Waals surface area contributed by atoms with Crippen molar-refractivity contribution in [2.45, 2.75) is 38.3 Å². The summed E-state index contributed by atoms with van der Waals surface area (Å²) in [5.41, 5.74) is 1.12. The Hall–Kier alpha value is -1.19. The van der Waals surface area contributed by atoms with Crippen LogP contribution in [0.25, 0.3) is 0 Å². The van der Waals surface area contributed by atoms with Gasteiger partial charge in [-0.25, -0.2) is 0 Å². The Bertz CT molecular complexity index is 398. The topological polar surface area (TPSA) is 12.0 Å². The Balaban J connectivity index is 2.33. The number of benzene rings is 1. The number of alkyl halides is 3. The van der Waals surface area contributed by atoms with Crippen LogP contribution in [-0.4, -0.2) is 6.54 Å². The molecule has 94 valence electrons. The highest BCUT2D eigenvalue weighted by molar-refractivity contribution is 5.57. The van der Waals surface area contributed by atoms with E-state index in [1.54, 1.807) is 6.07 Å². The second-order valence-electron chi connectivity index (χ2n) is 4.50. The molecule has 2 rings (SSSR count). The van der Waals surface area contributed by atoms with Gasteiger partial charge in [-0.3, -0.25) is 0 Å². The predicted octanol–water partition coefficient (Wildman–Crippen LogP) is 4.40. The molecule has 17 heavy (non-hydrogen) atoms. The van der Waals surface area contributed by atoms with Crippen LogP contribution in [0.5, 0.6) is 0 Å². The quantitative estimate of drug-likeness (QED) is 0.811. The molecule has 0 radical (unpaired) electrons. The van der Waals surface area contributed by atoms with Crippen LogP contribution in [0.3, 0.4) is 0 Å². The van der Waals surface area contributed by atoms with E-state index in [1.807, 2.05) is 0 Å². The Morgan fingerprint density at radius 3 is 2.76 bits per heavy atom. The Kier molecular flexibility index (Phi) is 3.31. The lowest BCUT2D eigenvalue weighted by atomic mass is 9.87. The van der Waals surface area contributed by atoms with Crippen LogP contribution in [0.1, 0.15) is 43.2 Å². The largest absolute Gasteiger partial charge is 0.416 e. The summed E-state index contributed by atoms with van der Waals surface area (Å²) in [5.74, 6) is 0.401. The van der Waals surface area contributed by atoms with Gasteiger partial charge < -0.3 is 5.32 Å². The van der Waals surface area contributed by atoms with E-state index in [0.29, 0.717) is 11.6 Å². The number of fused-ring (bicyclic) bond motifs is 1. The minimum Gasteiger partial charge on any atom is -0.385 e. The fourth-order valence-corrected chi connectivity index (χ4v) is 2.43. The number of anilines is 1. The van der Waals surface area contributed by atoms with Gasteiger partial charge in [0.05, 0.1) is 5.56 Å². The predicted molar refractivity (Wildman–Crippen MR) is 62.2 cm³/mol. The van der Waals surface area contributed by atoms with E-state index < -0.39 is 11.7 Å². The lowest BCUT2D eigenvalue weighted by molar-refractivity contribution is -0.137. The van der Waals surface area contributed by atoms with E-state index in [1.165, 1.54) is 12.1 Å². The molecule has 0 saturated carbocycles. The molecule has 0 saturated heterocycles. The molecular formula is C13H16F3N. The van der Waals surface area contributed by atoms with Crippen molar-refractivity contribution >= 4 is 5.69 Å². The van der Waals surface area contributed by atoms with Crippen LogP contribution in [-0.2, 0) is 6.18 Å². The number of rotatable bonds is 2. The maximum Gasteiger partial charge on any atom is 0.416 e. The van der Waals surface area contributed by atoms with Gasteiger partial charge in [0, 0.05) is 12.2 Å². The van der Waals surface area contributed by atoms with Crippen molar-refractivity contribution in [1.82, 2.24) is 0 Å². The monoisotopic (exact) mass is 243 g/mol. The van der Waals surface area contributed by atoms with E-state index in [-0.39, 0.29) is 0 Å². The number of nitrogens with one attached hydrogen (secondary N) is 1. The van der Waals surface area contributed by atoms with Crippen LogP contribution in [0, 0.1) is 0 Å². The summed E-state index contributed by atoms with van der Waals surface area (Å²) in [4.78, 5) is 0. The normalized spacial score (nSPS) is 19.6. The van der Waals surface area contributed by atoms with E-state index in [2.05, 4.69) is 12.2 Å². The standard InChI is InChI=1S/C13H16F3N/c1-2-3-9-6-7-17-12-8-10(13(14,15)16)4-5-11(9)12/h4-5,8-9,17H,2-3,6-7H2,1H3. The van der Waals surface area contributed by atoms with E-state index in [9.17, 15) is 13.2 Å². The highest BCUT2D eigenvalue weighted by Gasteiger charge is 2.32. The molecule has 1 nitrogen and oxygen atoms in total. The average Bonchev–Trinajstić information content (AvgIpc) is 2.28. The molecule has 0 aromatic heterocycles. The molecule has 4 heteroatoms. The summed E-state index contributed by atoms with van der Waals surface area (Å²) in [5, 5.41) is 3.06. The molecule has 0 fully saturated rings. The van der Waals surface area contributed by atoms with E-state index in [4.69, 9.17) is 0 Å². The van der Waals surface area contributed by atoms with Crippen LogP contribution in [0.2, 0.25) is 0 Å². The molecule has 0 spiro atoms. The van der Waals surface area contributed by atoms with Crippen LogP contribution in [0.15, 0.2) is 18.2 Å². The summed E-state index contributed by atoms with van der Waals surface area (Å²) in [6.45, 7) is 2.87. The first kappa shape index (κ1) is 12.3. The van der Waals surface area contributed by atoms with Crippen molar-refractivity contribution in [2.24, 2.45) is 0 Å². The molecule has 1 aromatic rings. The summed E-state index contributed by atoms with van der Waals surface area (Å²) in [6.07, 6.45) is -1.15. The first-order chi connectivity index (χ1) is 8.02. The van der Waals surface area contributed by atoms with Gasteiger partial charge in [0.25, 0.3) is 0 Å². The molecule has 1 aliphatic heterocycles. The molecule has 0 aliphatic carbocycles. The molecule has 1 aromatic carbocycles. The third-order valence-corrected chi connectivity index (χ3v) is 3.27. The molecule has 1 unspecified atom stereocenters. The molecule has 0 bridgehead atoms. The van der Waals surface area contributed by atoms with Gasteiger partial charge in [0.2, 0.25) is 0 Å². The summed E-state index contributed by atoms with van der Waals surface area (Å²) < 4.78 is 37.7. The second kappa shape index (κ2) is 4.59. The molecule has 1 atom stereocenters. The van der Waals surface area contributed by atoms with Crippen molar-refractivity contribution < 1.29 is 13.2 Å². The van der Waals surface area contributed by atoms with Crippen molar-refractivity contribution in [1.29, 1.82) is 0 Å². The molecule has 1 N–H and O–H groups in total. The van der Waals surface area contributed by atoms with Gasteiger partial charge in [0.1, 0.15) is 0 Å². The van der Waals surface area contributed by atoms with Crippen LogP contribution in [0.4, 0.5) is 18.9 Å². The first-order valence-corrected chi connectivity index (χ1v) is 5.97. The van der Waals surface area contributed by atoms with Gasteiger partial charge in [-0.1, -0.05) is 19.4 Å². The average molecular weight is 243 g/mol. The Morgan fingerprint density at radius 1 is 1.35 bits per heavy atom. The van der Waals surface area contributed by atoms with Crippen LogP contribution >= 0.6 is 0 Å².